The highest BCUT2D eigenvalue weighted by molar-refractivity contribution is 5.76. The molecular weight excluding hydrogens is 298 g/mol. The smallest absolute Gasteiger partial charge is 0.142 e. The second-order valence-electron chi connectivity index (χ2n) is 6.51. The lowest BCUT2D eigenvalue weighted by Crippen LogP contribution is -2.26. The van der Waals surface area contributed by atoms with Crippen LogP contribution in [-0.2, 0) is 19.6 Å². The quantitative estimate of drug-likeness (QED) is 0.727. The summed E-state index contributed by atoms with van der Waals surface area (Å²) < 4.78 is 4.54. The second kappa shape index (κ2) is 5.09. The van der Waals surface area contributed by atoms with E-state index in [0.717, 1.165) is 31.2 Å². The van der Waals surface area contributed by atoms with Crippen LogP contribution in [0.5, 0.6) is 0 Å². The van der Waals surface area contributed by atoms with E-state index in [-0.39, 0.29) is 0 Å². The van der Waals surface area contributed by atoms with Gasteiger partial charge in [-0.2, -0.15) is 0 Å². The number of hydrogen-bond donors (Lipinski definition) is 0. The lowest BCUT2D eigenvalue weighted by atomic mass is 10.1. The third-order valence-electron chi connectivity index (χ3n) is 4.82. The van der Waals surface area contributed by atoms with Gasteiger partial charge in [-0.1, -0.05) is 23.8 Å². The Morgan fingerprint density at radius 3 is 3.08 bits per heavy atom. The predicted octanol–water partition coefficient (Wildman–Crippen LogP) is 3.45. The molecule has 0 saturated carbocycles. The van der Waals surface area contributed by atoms with Crippen LogP contribution >= 0.6 is 0 Å². The zero-order valence-electron chi connectivity index (χ0n) is 13.7. The largest absolute Gasteiger partial charge is 0.314 e. The van der Waals surface area contributed by atoms with Crippen molar-refractivity contribution in [1.82, 2.24) is 19.1 Å². The standard InChI is InChI=1S/C19H19N5/c1-14-4-2-5-15(12-14)18-19(24-9-3-6-17(24)21-18)23-10-7-16-20-8-11-22(16)13-23/h2,4-5,7-8,10-12H,3,6,9,13H2,1H3. The van der Waals surface area contributed by atoms with Gasteiger partial charge in [-0.3, -0.25) is 0 Å². The van der Waals surface area contributed by atoms with Gasteiger partial charge in [-0.05, 0) is 25.5 Å². The third kappa shape index (κ3) is 2.01. The number of nitrogens with zero attached hydrogens (tertiary/aromatic N) is 5. The molecule has 5 rings (SSSR count). The first-order valence-electron chi connectivity index (χ1n) is 8.42. The maximum Gasteiger partial charge on any atom is 0.142 e. The molecule has 0 unspecified atom stereocenters. The number of aromatic nitrogens is 4. The molecule has 2 aromatic heterocycles. The second-order valence-corrected chi connectivity index (χ2v) is 6.51. The summed E-state index contributed by atoms with van der Waals surface area (Å²) in [5, 5.41) is 0. The van der Waals surface area contributed by atoms with Crippen molar-refractivity contribution >= 4 is 11.9 Å². The average Bonchev–Trinajstić information content (AvgIpc) is 3.29. The molecule has 4 heterocycles. The molecule has 2 aliphatic rings. The SMILES string of the molecule is Cc1cccc(-c2nc3n(c2N2C=Cc4nccn4C2)CCC3)c1. The molecule has 3 aromatic rings. The van der Waals surface area contributed by atoms with Crippen molar-refractivity contribution in [2.24, 2.45) is 0 Å². The number of hydrogen-bond acceptors (Lipinski definition) is 3. The summed E-state index contributed by atoms with van der Waals surface area (Å²) in [6.45, 7) is 3.95. The Morgan fingerprint density at radius 2 is 2.17 bits per heavy atom. The lowest BCUT2D eigenvalue weighted by Gasteiger charge is -2.26. The van der Waals surface area contributed by atoms with E-state index in [9.17, 15) is 0 Å². The van der Waals surface area contributed by atoms with Crippen molar-refractivity contribution in [3.8, 4) is 11.3 Å². The third-order valence-corrected chi connectivity index (χ3v) is 4.82. The van der Waals surface area contributed by atoms with E-state index in [4.69, 9.17) is 4.98 Å². The van der Waals surface area contributed by atoms with Gasteiger partial charge in [0.2, 0.25) is 0 Å². The molecule has 5 heteroatoms. The van der Waals surface area contributed by atoms with Crippen LogP contribution in [0.25, 0.3) is 17.3 Å². The number of anilines is 1. The fourth-order valence-electron chi connectivity index (χ4n) is 3.69. The first kappa shape index (κ1) is 13.6. The molecule has 2 aliphatic heterocycles. The highest BCUT2D eigenvalue weighted by Crippen LogP contribution is 2.36. The highest BCUT2D eigenvalue weighted by atomic mass is 15.3. The van der Waals surface area contributed by atoms with E-state index in [1.54, 1.807) is 0 Å². The van der Waals surface area contributed by atoms with Crippen LogP contribution in [-0.4, -0.2) is 19.1 Å². The minimum atomic E-state index is 0.774. The molecule has 5 nitrogen and oxygen atoms in total. The van der Waals surface area contributed by atoms with Gasteiger partial charge >= 0.3 is 0 Å². The van der Waals surface area contributed by atoms with Crippen LogP contribution in [0.1, 0.15) is 23.6 Å². The summed E-state index contributed by atoms with van der Waals surface area (Å²) in [4.78, 5) is 11.6. The first-order chi connectivity index (χ1) is 11.8. The minimum Gasteiger partial charge on any atom is -0.314 e. The van der Waals surface area contributed by atoms with Crippen molar-refractivity contribution < 1.29 is 0 Å². The number of aryl methyl sites for hydroxylation is 2. The molecule has 0 fully saturated rings. The van der Waals surface area contributed by atoms with Crippen LogP contribution in [0.15, 0.2) is 42.9 Å². The Labute approximate surface area is 140 Å². The zero-order chi connectivity index (χ0) is 16.1. The summed E-state index contributed by atoms with van der Waals surface area (Å²) in [5.74, 6) is 3.40. The molecule has 0 N–H and O–H groups in total. The van der Waals surface area contributed by atoms with Gasteiger partial charge in [0.15, 0.2) is 0 Å². The van der Waals surface area contributed by atoms with Crippen molar-refractivity contribution in [3.63, 3.8) is 0 Å². The first-order valence-corrected chi connectivity index (χ1v) is 8.42. The number of imidazole rings is 2. The van der Waals surface area contributed by atoms with Crippen LogP contribution in [0.4, 0.5) is 5.82 Å². The molecule has 0 bridgehead atoms. The Morgan fingerprint density at radius 1 is 1.21 bits per heavy atom. The van der Waals surface area contributed by atoms with E-state index in [0.29, 0.717) is 0 Å². The zero-order valence-corrected chi connectivity index (χ0v) is 13.7. The predicted molar refractivity (Wildman–Crippen MR) is 94.5 cm³/mol. The Balaban J connectivity index is 1.65. The Kier molecular flexibility index (Phi) is 2.89. The molecule has 0 radical (unpaired) electrons. The average molecular weight is 317 g/mol. The van der Waals surface area contributed by atoms with Gasteiger partial charge in [0.25, 0.3) is 0 Å². The summed E-state index contributed by atoms with van der Waals surface area (Å²) in [6.07, 6.45) is 10.3. The monoisotopic (exact) mass is 317 g/mol. The van der Waals surface area contributed by atoms with Crippen molar-refractivity contribution in [2.75, 3.05) is 4.90 Å². The molecule has 0 atom stereocenters. The summed E-state index contributed by atoms with van der Waals surface area (Å²) in [7, 11) is 0. The topological polar surface area (TPSA) is 38.9 Å². The van der Waals surface area contributed by atoms with E-state index in [1.807, 2.05) is 12.4 Å². The molecule has 120 valence electrons. The van der Waals surface area contributed by atoms with Crippen molar-refractivity contribution in [2.45, 2.75) is 33.0 Å². The van der Waals surface area contributed by atoms with E-state index in [1.165, 1.54) is 29.2 Å². The molecule has 0 spiro atoms. The molecular formula is C19H19N5. The van der Waals surface area contributed by atoms with Crippen LogP contribution < -0.4 is 4.90 Å². The Bertz CT molecular complexity index is 947. The minimum absolute atomic E-state index is 0.774. The van der Waals surface area contributed by atoms with Gasteiger partial charge in [0.05, 0.1) is 0 Å². The normalized spacial score (nSPS) is 15.6. The van der Waals surface area contributed by atoms with Gasteiger partial charge < -0.3 is 14.0 Å². The van der Waals surface area contributed by atoms with Crippen LogP contribution in [0.3, 0.4) is 0 Å². The van der Waals surface area contributed by atoms with Gasteiger partial charge in [-0.15, -0.1) is 0 Å². The van der Waals surface area contributed by atoms with E-state index in [2.05, 4.69) is 62.5 Å². The Hall–Kier alpha value is -2.82. The van der Waals surface area contributed by atoms with Gasteiger partial charge in [0, 0.05) is 37.1 Å². The van der Waals surface area contributed by atoms with E-state index < -0.39 is 0 Å². The summed E-state index contributed by atoms with van der Waals surface area (Å²) in [5.41, 5.74) is 3.54. The summed E-state index contributed by atoms with van der Waals surface area (Å²) >= 11 is 0. The molecule has 0 saturated heterocycles. The molecule has 0 amide bonds. The number of rotatable bonds is 2. The van der Waals surface area contributed by atoms with Crippen LogP contribution in [0.2, 0.25) is 0 Å². The van der Waals surface area contributed by atoms with E-state index >= 15 is 0 Å². The van der Waals surface area contributed by atoms with Gasteiger partial charge in [0.1, 0.15) is 29.8 Å². The molecule has 1 aromatic carbocycles. The van der Waals surface area contributed by atoms with Crippen molar-refractivity contribution in [1.29, 1.82) is 0 Å². The van der Waals surface area contributed by atoms with Crippen LogP contribution in [0, 0.1) is 6.92 Å². The lowest BCUT2D eigenvalue weighted by molar-refractivity contribution is 0.652. The number of benzene rings is 1. The number of fused-ring (bicyclic) bond motifs is 2. The summed E-state index contributed by atoms with van der Waals surface area (Å²) in [6, 6.07) is 8.62. The fraction of sp³-hybridized carbons (Fsp3) is 0.263. The maximum absolute atomic E-state index is 4.98. The maximum atomic E-state index is 4.98. The molecule has 24 heavy (non-hydrogen) atoms. The molecule has 0 aliphatic carbocycles. The highest BCUT2D eigenvalue weighted by Gasteiger charge is 2.26. The van der Waals surface area contributed by atoms with Gasteiger partial charge in [-0.25, -0.2) is 9.97 Å². The fourth-order valence-corrected chi connectivity index (χ4v) is 3.69. The van der Waals surface area contributed by atoms with Crippen molar-refractivity contribution in [3.05, 3.63) is 60.1 Å².